The van der Waals surface area contributed by atoms with Gasteiger partial charge < -0.3 is 33.3 Å². The van der Waals surface area contributed by atoms with E-state index in [2.05, 4.69) is 135 Å². The minimum absolute atomic E-state index is 0.135. The molecule has 0 aromatic carbocycles. The molecule has 0 bridgehead atoms. The number of hydrogen-bond donors (Lipinski definition) is 0. The van der Waals surface area contributed by atoms with E-state index in [1.54, 1.807) is 0 Å². The predicted molar refractivity (Wildman–Crippen MR) is 296 cm³/mol. The van der Waals surface area contributed by atoms with Crippen molar-refractivity contribution in [2.75, 3.05) is 47.5 Å². The Morgan fingerprint density at radius 2 is 0.803 bits per heavy atom. The van der Waals surface area contributed by atoms with Crippen LogP contribution in [-0.4, -0.2) is 82.3 Å². The van der Waals surface area contributed by atoms with Crippen molar-refractivity contribution in [2.24, 2.45) is 0 Å². The number of quaternary nitrogens is 1. The normalized spacial score (nSPS) is 13.8. The molecular weight excluding hydrogens is 887 g/mol. The summed E-state index contributed by atoms with van der Waals surface area (Å²) in [6.07, 6.45) is 69.5. The van der Waals surface area contributed by atoms with Gasteiger partial charge in [0.15, 0.2) is 12.4 Å². The van der Waals surface area contributed by atoms with Crippen molar-refractivity contribution in [3.63, 3.8) is 0 Å². The second kappa shape index (κ2) is 52.0. The van der Waals surface area contributed by atoms with Crippen LogP contribution in [0.4, 0.5) is 0 Å². The lowest BCUT2D eigenvalue weighted by molar-refractivity contribution is -0.870. The van der Waals surface area contributed by atoms with Crippen molar-refractivity contribution in [1.29, 1.82) is 0 Å². The number of likely N-dealkylation sites (N-methyl/N-ethyl adjacent to an activating group) is 1. The van der Waals surface area contributed by atoms with E-state index < -0.39 is 24.3 Å². The van der Waals surface area contributed by atoms with Gasteiger partial charge in [0.25, 0.3) is 0 Å². The molecule has 0 aromatic heterocycles. The van der Waals surface area contributed by atoms with Crippen LogP contribution in [0.25, 0.3) is 0 Å². The van der Waals surface area contributed by atoms with Crippen LogP contribution in [0.1, 0.15) is 194 Å². The first-order valence-corrected chi connectivity index (χ1v) is 27.7. The molecule has 9 nitrogen and oxygen atoms in total. The van der Waals surface area contributed by atoms with Gasteiger partial charge in [-0.1, -0.05) is 193 Å². The Bertz CT molecular complexity index is 1570. The Labute approximate surface area is 434 Å². The van der Waals surface area contributed by atoms with Crippen LogP contribution in [0, 0.1) is 0 Å². The van der Waals surface area contributed by atoms with Crippen LogP contribution in [0.15, 0.2) is 122 Å². The van der Waals surface area contributed by atoms with Crippen molar-refractivity contribution in [2.45, 2.75) is 206 Å². The van der Waals surface area contributed by atoms with Crippen LogP contribution in [0.5, 0.6) is 0 Å². The van der Waals surface area contributed by atoms with E-state index in [0.717, 1.165) is 128 Å². The van der Waals surface area contributed by atoms with Crippen molar-refractivity contribution in [3.05, 3.63) is 122 Å². The fourth-order valence-corrected chi connectivity index (χ4v) is 6.93. The molecule has 2 atom stereocenters. The molecule has 0 N–H and O–H groups in total. The minimum Gasteiger partial charge on any atom is -0.545 e. The number of carboxylic acids is 1. The lowest BCUT2D eigenvalue weighted by atomic mass is 10.1. The third-order valence-electron chi connectivity index (χ3n) is 11.2. The van der Waals surface area contributed by atoms with Crippen molar-refractivity contribution >= 4 is 17.9 Å². The van der Waals surface area contributed by atoms with Crippen molar-refractivity contribution in [3.8, 4) is 0 Å². The smallest absolute Gasteiger partial charge is 0.306 e. The van der Waals surface area contributed by atoms with E-state index in [4.69, 9.17) is 18.9 Å². The molecule has 0 aliphatic heterocycles. The summed E-state index contributed by atoms with van der Waals surface area (Å²) in [7, 11) is 5.90. The standard InChI is InChI=1S/C62H101NO8/c1-6-8-10-12-14-16-18-20-22-23-24-25-26-27-28-29-30-31-32-33-34-35-36-37-39-41-43-45-47-49-51-53-60(65)71-58(57-70-62(61(66)67)68-55-54-63(3,4)5)56-69-59(64)52-50-48-46-44-42-40-38-21-19-17-15-13-11-9-7-2/h8,10,14-17,20-22,24-25,27-28,30-31,33-34,36-38,58,62H,6-7,9,11-13,18-19,23,26,29,32,35,39-57H2,1-5H3/b10-8-,16-14-,17-15-,22-20-,25-24-,28-27-,31-30-,34-33-,37-36-,38-21-. The molecule has 0 aliphatic rings. The SMILES string of the molecule is CC/C=C\C/C=C\C/C=C\C/C=C\C/C=C\C/C=C\C/C=C\C/C=C\CCCCCCCCC(=O)OC(COC(=O)CCCCCCC/C=C\C/C=C\CCCCC)COC(OCC[N+](C)(C)C)C(=O)[O-]. The van der Waals surface area contributed by atoms with Gasteiger partial charge in [-0.3, -0.25) is 9.59 Å². The molecule has 2 unspecified atom stereocenters. The molecular formula is C62H101NO8. The molecule has 0 amide bonds. The fraction of sp³-hybridized carbons (Fsp3) is 0.629. The van der Waals surface area contributed by atoms with Gasteiger partial charge in [-0.15, -0.1) is 0 Å². The van der Waals surface area contributed by atoms with Gasteiger partial charge in [0, 0.05) is 12.8 Å². The highest BCUT2D eigenvalue weighted by Gasteiger charge is 2.22. The molecule has 0 spiro atoms. The maximum atomic E-state index is 12.8. The zero-order valence-electron chi connectivity index (χ0n) is 45.5. The summed E-state index contributed by atoms with van der Waals surface area (Å²) < 4.78 is 22.6. The van der Waals surface area contributed by atoms with Crippen molar-refractivity contribution in [1.82, 2.24) is 0 Å². The average molecular weight is 988 g/mol. The number of rotatable bonds is 49. The molecule has 9 heteroatoms. The number of unbranched alkanes of at least 4 members (excludes halogenated alkanes) is 14. The number of carboxylic acid groups (broad SMARTS) is 1. The number of carbonyl (C=O) groups excluding carboxylic acids is 3. The number of carbonyl (C=O) groups is 3. The number of allylic oxidation sites excluding steroid dienone is 20. The second-order valence-corrected chi connectivity index (χ2v) is 19.1. The highest BCUT2D eigenvalue weighted by molar-refractivity contribution is 5.70. The first-order chi connectivity index (χ1) is 34.6. The van der Waals surface area contributed by atoms with E-state index in [1.165, 1.54) is 25.7 Å². The molecule has 0 rings (SSSR count). The third-order valence-corrected chi connectivity index (χ3v) is 11.2. The second-order valence-electron chi connectivity index (χ2n) is 19.1. The summed E-state index contributed by atoms with van der Waals surface area (Å²) in [5.41, 5.74) is 0. The Kier molecular flexibility index (Phi) is 48.9. The summed E-state index contributed by atoms with van der Waals surface area (Å²) >= 11 is 0. The Balaban J connectivity index is 4.33. The molecule has 402 valence electrons. The zero-order chi connectivity index (χ0) is 52.0. The Morgan fingerprint density at radius 1 is 0.437 bits per heavy atom. The maximum Gasteiger partial charge on any atom is 0.306 e. The number of ether oxygens (including phenoxy) is 4. The van der Waals surface area contributed by atoms with Gasteiger partial charge in [-0.2, -0.15) is 0 Å². The molecule has 0 fully saturated rings. The first-order valence-electron chi connectivity index (χ1n) is 27.7. The Hall–Kier alpha value is -4.31. The summed E-state index contributed by atoms with van der Waals surface area (Å²) in [5.74, 6) is -2.34. The molecule has 0 heterocycles. The number of esters is 2. The molecule has 0 radical (unpaired) electrons. The van der Waals surface area contributed by atoms with E-state index in [-0.39, 0.29) is 38.6 Å². The van der Waals surface area contributed by atoms with E-state index >= 15 is 0 Å². The topological polar surface area (TPSA) is 111 Å². The van der Waals surface area contributed by atoms with E-state index in [1.807, 2.05) is 21.1 Å². The first kappa shape index (κ1) is 66.7. The fourth-order valence-electron chi connectivity index (χ4n) is 6.93. The summed E-state index contributed by atoms with van der Waals surface area (Å²) in [5, 5.41) is 11.8. The molecule has 0 saturated carbocycles. The minimum atomic E-state index is -1.64. The van der Waals surface area contributed by atoms with Gasteiger partial charge in [-0.05, 0) is 109 Å². The van der Waals surface area contributed by atoms with Gasteiger partial charge >= 0.3 is 11.9 Å². The van der Waals surface area contributed by atoms with E-state index in [0.29, 0.717) is 23.9 Å². The van der Waals surface area contributed by atoms with Gasteiger partial charge in [-0.25, -0.2) is 0 Å². The number of hydrogen-bond acceptors (Lipinski definition) is 8. The van der Waals surface area contributed by atoms with Crippen LogP contribution in [0.3, 0.4) is 0 Å². The highest BCUT2D eigenvalue weighted by Crippen LogP contribution is 2.13. The molecule has 0 saturated heterocycles. The van der Waals surface area contributed by atoms with Gasteiger partial charge in [0.1, 0.15) is 13.2 Å². The quantitative estimate of drug-likeness (QED) is 0.0195. The lowest BCUT2D eigenvalue weighted by Gasteiger charge is -2.26. The monoisotopic (exact) mass is 988 g/mol. The third kappa shape index (κ3) is 53.3. The highest BCUT2D eigenvalue weighted by atomic mass is 16.7. The van der Waals surface area contributed by atoms with Crippen LogP contribution < -0.4 is 5.11 Å². The largest absolute Gasteiger partial charge is 0.545 e. The van der Waals surface area contributed by atoms with E-state index in [9.17, 15) is 19.5 Å². The summed E-state index contributed by atoms with van der Waals surface area (Å²) in [6, 6.07) is 0. The van der Waals surface area contributed by atoms with Crippen LogP contribution in [-0.2, 0) is 33.3 Å². The average Bonchev–Trinajstić information content (AvgIpc) is 3.34. The van der Waals surface area contributed by atoms with Crippen molar-refractivity contribution < 1.29 is 42.9 Å². The van der Waals surface area contributed by atoms with Gasteiger partial charge in [0.2, 0.25) is 0 Å². The van der Waals surface area contributed by atoms with Gasteiger partial charge in [0.05, 0.1) is 40.3 Å². The zero-order valence-corrected chi connectivity index (χ0v) is 45.5. The summed E-state index contributed by atoms with van der Waals surface area (Å²) in [6.45, 7) is 4.54. The number of nitrogens with zero attached hydrogens (tertiary/aromatic N) is 1. The molecule has 71 heavy (non-hydrogen) atoms. The Morgan fingerprint density at radius 3 is 1.20 bits per heavy atom. The van der Waals surface area contributed by atoms with Crippen LogP contribution >= 0.6 is 0 Å². The number of aliphatic carboxylic acids is 1. The molecule has 0 aromatic rings. The summed E-state index contributed by atoms with van der Waals surface area (Å²) in [4.78, 5) is 37.2. The molecule has 0 aliphatic carbocycles. The van der Waals surface area contributed by atoms with Crippen LogP contribution in [0.2, 0.25) is 0 Å². The lowest BCUT2D eigenvalue weighted by Crippen LogP contribution is -2.44. The maximum absolute atomic E-state index is 12.8. The predicted octanol–water partition coefficient (Wildman–Crippen LogP) is 14.8.